The van der Waals surface area contributed by atoms with Crippen molar-refractivity contribution < 1.29 is 23.2 Å². The summed E-state index contributed by atoms with van der Waals surface area (Å²) in [4.78, 5) is 47.7. The molecule has 0 radical (unpaired) electrons. The molecule has 1 unspecified atom stereocenters. The number of nitrogens with one attached hydrogen (secondary N) is 2. The summed E-state index contributed by atoms with van der Waals surface area (Å²) in [6.45, 7) is 6.83. The van der Waals surface area contributed by atoms with Crippen LogP contribution in [-0.2, 0) is 14.4 Å². The van der Waals surface area contributed by atoms with E-state index >= 15 is 0 Å². The molecule has 196 valence electrons. The van der Waals surface area contributed by atoms with Gasteiger partial charge in [0.05, 0.1) is 29.8 Å². The second-order valence-electron chi connectivity index (χ2n) is 9.93. The van der Waals surface area contributed by atoms with Crippen molar-refractivity contribution in [1.29, 1.82) is 0 Å². The molecule has 2 aromatic rings. The Morgan fingerprint density at radius 1 is 1.11 bits per heavy atom. The smallest absolute Gasteiger partial charge is 0.225 e. The molecule has 1 saturated heterocycles. The van der Waals surface area contributed by atoms with Crippen LogP contribution >= 0.6 is 0 Å². The minimum atomic E-state index is -0.925. The molecule has 1 aliphatic heterocycles. The summed E-state index contributed by atoms with van der Waals surface area (Å²) in [6.07, 6.45) is 4.57. The van der Waals surface area contributed by atoms with Gasteiger partial charge < -0.3 is 20.9 Å². The SMILES string of the molecule is CC(C)CC(C(N)=O)[C@H](CC(=O)N1CCCCC1)C(=O)N[C@@H](C)c1ncc(-c2ccc(F)cc2F)[nH]1. The molecule has 36 heavy (non-hydrogen) atoms. The Morgan fingerprint density at radius 2 is 1.81 bits per heavy atom. The number of nitrogens with two attached hydrogens (primary N) is 1. The maximum atomic E-state index is 14.2. The molecule has 1 aromatic carbocycles. The number of hydrogen-bond acceptors (Lipinski definition) is 4. The van der Waals surface area contributed by atoms with Crippen molar-refractivity contribution in [2.75, 3.05) is 13.1 Å². The van der Waals surface area contributed by atoms with Gasteiger partial charge in [-0.3, -0.25) is 14.4 Å². The zero-order valence-electron chi connectivity index (χ0n) is 21.0. The van der Waals surface area contributed by atoms with Gasteiger partial charge >= 0.3 is 0 Å². The van der Waals surface area contributed by atoms with Gasteiger partial charge in [-0.2, -0.15) is 0 Å². The normalized spacial score (nSPS) is 16.4. The lowest BCUT2D eigenvalue weighted by atomic mass is 9.81. The van der Waals surface area contributed by atoms with Crippen LogP contribution in [0.1, 0.15) is 64.7 Å². The van der Waals surface area contributed by atoms with E-state index in [1.165, 1.54) is 12.3 Å². The number of rotatable bonds is 10. The molecule has 0 saturated carbocycles. The molecule has 0 spiro atoms. The lowest BCUT2D eigenvalue weighted by Gasteiger charge is -2.31. The number of carbonyl (C=O) groups is 3. The summed E-state index contributed by atoms with van der Waals surface area (Å²) in [6, 6.07) is 2.60. The topological polar surface area (TPSA) is 121 Å². The van der Waals surface area contributed by atoms with E-state index in [4.69, 9.17) is 5.73 Å². The number of primary amides is 1. The van der Waals surface area contributed by atoms with Crippen molar-refractivity contribution in [3.05, 3.63) is 41.9 Å². The minimum Gasteiger partial charge on any atom is -0.369 e. The summed E-state index contributed by atoms with van der Waals surface area (Å²) in [5.74, 6) is -3.95. The molecule has 1 fully saturated rings. The number of benzene rings is 1. The largest absolute Gasteiger partial charge is 0.369 e. The molecule has 1 aliphatic rings. The first-order chi connectivity index (χ1) is 17.1. The molecule has 2 heterocycles. The van der Waals surface area contributed by atoms with Gasteiger partial charge in [-0.1, -0.05) is 13.8 Å². The number of amides is 3. The number of aromatic amines is 1. The van der Waals surface area contributed by atoms with Gasteiger partial charge in [0.1, 0.15) is 17.5 Å². The van der Waals surface area contributed by atoms with Crippen molar-refractivity contribution in [1.82, 2.24) is 20.2 Å². The number of nitrogens with zero attached hydrogens (tertiary/aromatic N) is 2. The van der Waals surface area contributed by atoms with Gasteiger partial charge in [-0.25, -0.2) is 13.8 Å². The number of carbonyl (C=O) groups excluding carboxylic acids is 3. The molecule has 8 nitrogen and oxygen atoms in total. The van der Waals surface area contributed by atoms with Gasteiger partial charge in [0.15, 0.2) is 0 Å². The molecule has 3 amide bonds. The maximum Gasteiger partial charge on any atom is 0.225 e. The second-order valence-corrected chi connectivity index (χ2v) is 9.93. The monoisotopic (exact) mass is 503 g/mol. The van der Waals surface area contributed by atoms with Crippen molar-refractivity contribution >= 4 is 17.7 Å². The summed E-state index contributed by atoms with van der Waals surface area (Å²) in [5, 5.41) is 2.84. The molecule has 0 bridgehead atoms. The predicted molar refractivity (Wildman–Crippen MR) is 131 cm³/mol. The van der Waals surface area contributed by atoms with Gasteiger partial charge in [0, 0.05) is 31.1 Å². The van der Waals surface area contributed by atoms with Crippen molar-refractivity contribution in [3.63, 3.8) is 0 Å². The fourth-order valence-corrected chi connectivity index (χ4v) is 4.66. The van der Waals surface area contributed by atoms with E-state index in [2.05, 4.69) is 15.3 Å². The van der Waals surface area contributed by atoms with Crippen LogP contribution in [-0.4, -0.2) is 45.7 Å². The Bertz CT molecular complexity index is 1080. The molecule has 3 atom stereocenters. The van der Waals surface area contributed by atoms with Gasteiger partial charge in [0.25, 0.3) is 0 Å². The van der Waals surface area contributed by atoms with Crippen molar-refractivity contribution in [2.24, 2.45) is 23.5 Å². The van der Waals surface area contributed by atoms with Gasteiger partial charge in [0.2, 0.25) is 17.7 Å². The van der Waals surface area contributed by atoms with E-state index in [1.54, 1.807) is 11.8 Å². The van der Waals surface area contributed by atoms with Gasteiger partial charge in [-0.05, 0) is 50.7 Å². The number of H-pyrrole nitrogens is 1. The van der Waals surface area contributed by atoms with E-state index < -0.39 is 41.3 Å². The first-order valence-corrected chi connectivity index (χ1v) is 12.4. The third kappa shape index (κ3) is 6.89. The Kier molecular flexibility index (Phi) is 9.17. The predicted octanol–water partition coefficient (Wildman–Crippen LogP) is 3.70. The fraction of sp³-hybridized carbons (Fsp3) is 0.538. The van der Waals surface area contributed by atoms with Crippen LogP contribution in [0, 0.1) is 29.4 Å². The van der Waals surface area contributed by atoms with E-state index in [-0.39, 0.29) is 23.8 Å². The van der Waals surface area contributed by atoms with Crippen LogP contribution in [0.2, 0.25) is 0 Å². The Hall–Kier alpha value is -3.30. The molecular formula is C26H35F2N5O3. The second kappa shape index (κ2) is 12.1. The number of imidazole rings is 1. The first kappa shape index (κ1) is 27.3. The Balaban J connectivity index is 1.78. The number of halogens is 2. The highest BCUT2D eigenvalue weighted by Gasteiger charge is 2.36. The van der Waals surface area contributed by atoms with E-state index in [9.17, 15) is 23.2 Å². The van der Waals surface area contributed by atoms with Crippen LogP contribution < -0.4 is 11.1 Å². The van der Waals surface area contributed by atoms with E-state index in [0.29, 0.717) is 31.0 Å². The highest BCUT2D eigenvalue weighted by atomic mass is 19.1. The lowest BCUT2D eigenvalue weighted by molar-refractivity contribution is -0.141. The Morgan fingerprint density at radius 3 is 2.42 bits per heavy atom. The van der Waals surface area contributed by atoms with E-state index in [1.807, 2.05) is 13.8 Å². The summed E-state index contributed by atoms with van der Waals surface area (Å²) in [5.41, 5.74) is 6.16. The third-order valence-electron chi connectivity index (χ3n) is 6.60. The van der Waals surface area contributed by atoms with E-state index in [0.717, 1.165) is 31.4 Å². The summed E-state index contributed by atoms with van der Waals surface area (Å²) < 4.78 is 27.4. The number of piperidine rings is 1. The molecule has 0 aliphatic carbocycles. The first-order valence-electron chi connectivity index (χ1n) is 12.4. The number of aromatic nitrogens is 2. The van der Waals surface area contributed by atoms with Crippen LogP contribution in [0.5, 0.6) is 0 Å². The maximum absolute atomic E-state index is 14.2. The lowest BCUT2D eigenvalue weighted by Crippen LogP contribution is -2.45. The Labute approximate surface area is 210 Å². The van der Waals surface area contributed by atoms with Crippen LogP contribution in [0.3, 0.4) is 0 Å². The molecule has 1 aromatic heterocycles. The highest BCUT2D eigenvalue weighted by Crippen LogP contribution is 2.27. The van der Waals surface area contributed by atoms with Crippen molar-refractivity contribution in [2.45, 2.75) is 58.9 Å². The molecular weight excluding hydrogens is 468 g/mol. The summed E-state index contributed by atoms with van der Waals surface area (Å²) >= 11 is 0. The van der Waals surface area contributed by atoms with Crippen LogP contribution in [0.15, 0.2) is 24.4 Å². The van der Waals surface area contributed by atoms with Crippen LogP contribution in [0.25, 0.3) is 11.3 Å². The highest BCUT2D eigenvalue weighted by molar-refractivity contribution is 5.91. The zero-order chi connectivity index (χ0) is 26.4. The standard InChI is InChI=1S/C26H35F2N5O3/c1-15(2)11-19(24(29)35)20(13-23(34)33-9-5-4-6-10-33)26(36)31-16(3)25-30-14-22(32-25)18-8-7-17(27)12-21(18)28/h7-8,12,14-16,19-20H,4-6,9-11,13H2,1-3H3,(H2,29,35)(H,30,32)(H,31,36)/t16-,19?,20-/m0/s1. The van der Waals surface area contributed by atoms with Gasteiger partial charge in [-0.15, -0.1) is 0 Å². The van der Waals surface area contributed by atoms with Crippen molar-refractivity contribution in [3.8, 4) is 11.3 Å². The molecule has 10 heteroatoms. The molecule has 3 rings (SSSR count). The molecule has 4 N–H and O–H groups in total. The average molecular weight is 504 g/mol. The number of hydrogen-bond donors (Lipinski definition) is 3. The zero-order valence-corrected chi connectivity index (χ0v) is 21.0. The fourth-order valence-electron chi connectivity index (χ4n) is 4.66. The quantitative estimate of drug-likeness (QED) is 0.458. The average Bonchev–Trinajstić information content (AvgIpc) is 3.31. The van der Waals surface area contributed by atoms with Crippen LogP contribution in [0.4, 0.5) is 8.78 Å². The third-order valence-corrected chi connectivity index (χ3v) is 6.60. The number of likely N-dealkylation sites (tertiary alicyclic amines) is 1. The summed E-state index contributed by atoms with van der Waals surface area (Å²) in [7, 11) is 0. The minimum absolute atomic E-state index is 0.0959.